The van der Waals surface area contributed by atoms with E-state index in [-0.39, 0.29) is 0 Å². The van der Waals surface area contributed by atoms with Gasteiger partial charge in [0.15, 0.2) is 11.7 Å². The van der Waals surface area contributed by atoms with E-state index < -0.39 is 0 Å². The summed E-state index contributed by atoms with van der Waals surface area (Å²) in [7, 11) is 1.92. The first-order chi connectivity index (χ1) is 8.19. The lowest BCUT2D eigenvalue weighted by molar-refractivity contribution is 0.500. The average Bonchev–Trinajstić information content (AvgIpc) is 2.73. The molecule has 0 radical (unpaired) electrons. The second-order valence-corrected chi connectivity index (χ2v) is 4.90. The smallest absolute Gasteiger partial charge is 0.196 e. The molecule has 0 atom stereocenters. The predicted molar refractivity (Wildman–Crippen MR) is 72.0 cm³/mol. The highest BCUT2D eigenvalue weighted by Crippen LogP contribution is 2.25. The highest BCUT2D eigenvalue weighted by atomic mass is 79.9. The third-order valence-corrected chi connectivity index (χ3v) is 2.93. The van der Waals surface area contributed by atoms with Crippen LogP contribution in [0.4, 0.5) is 0 Å². The van der Waals surface area contributed by atoms with Crippen LogP contribution < -0.4 is 5.32 Å². The quantitative estimate of drug-likeness (QED) is 0.941. The van der Waals surface area contributed by atoms with Gasteiger partial charge in [-0.05, 0) is 37.7 Å². The maximum atomic E-state index is 5.71. The molecule has 0 aliphatic heterocycles. The zero-order valence-corrected chi connectivity index (χ0v) is 11.5. The fraction of sp³-hybridized carbons (Fsp3) is 0.308. The van der Waals surface area contributed by atoms with E-state index >= 15 is 0 Å². The molecule has 17 heavy (non-hydrogen) atoms. The van der Waals surface area contributed by atoms with Gasteiger partial charge >= 0.3 is 0 Å². The molecule has 1 heterocycles. The molecule has 4 heteroatoms. The molecule has 90 valence electrons. The molecule has 2 aromatic rings. The lowest BCUT2D eigenvalue weighted by Crippen LogP contribution is -2.10. The summed E-state index contributed by atoms with van der Waals surface area (Å²) in [6, 6.07) is 6.20. The van der Waals surface area contributed by atoms with Crippen LogP contribution in [0.5, 0.6) is 0 Å². The van der Waals surface area contributed by atoms with Crippen molar-refractivity contribution in [2.45, 2.75) is 13.3 Å². The number of hydrogen-bond donors (Lipinski definition) is 1. The third kappa shape index (κ3) is 3.17. The Balaban J connectivity index is 2.24. The van der Waals surface area contributed by atoms with E-state index in [4.69, 9.17) is 4.42 Å². The minimum Gasteiger partial charge on any atom is -0.441 e. The van der Waals surface area contributed by atoms with E-state index in [0.29, 0.717) is 0 Å². The monoisotopic (exact) mass is 294 g/mol. The van der Waals surface area contributed by atoms with E-state index in [1.807, 2.05) is 13.1 Å². The van der Waals surface area contributed by atoms with Crippen LogP contribution in [0.15, 0.2) is 33.3 Å². The highest BCUT2D eigenvalue weighted by Gasteiger charge is 2.07. The standard InChI is InChI=1S/C13H15BrN2O/c1-9-5-10(7-11(14)6-9)12-8-16-13(17-12)3-4-15-2/h5-8,15H,3-4H2,1-2H3. The van der Waals surface area contributed by atoms with E-state index in [1.54, 1.807) is 6.20 Å². The van der Waals surface area contributed by atoms with Crippen LogP contribution in [-0.4, -0.2) is 18.6 Å². The number of likely N-dealkylation sites (N-methyl/N-ethyl adjacent to an activating group) is 1. The van der Waals surface area contributed by atoms with Gasteiger partial charge in [-0.15, -0.1) is 0 Å². The Morgan fingerprint density at radius 3 is 2.88 bits per heavy atom. The molecule has 0 amide bonds. The third-order valence-electron chi connectivity index (χ3n) is 2.47. The minimum absolute atomic E-state index is 0.770. The van der Waals surface area contributed by atoms with Crippen molar-refractivity contribution in [2.75, 3.05) is 13.6 Å². The van der Waals surface area contributed by atoms with Gasteiger partial charge in [0, 0.05) is 23.0 Å². The lowest BCUT2D eigenvalue weighted by atomic mass is 10.1. The molecule has 1 aromatic heterocycles. The molecule has 0 saturated carbocycles. The van der Waals surface area contributed by atoms with Crippen LogP contribution in [-0.2, 0) is 6.42 Å². The van der Waals surface area contributed by atoms with Gasteiger partial charge in [-0.25, -0.2) is 4.98 Å². The number of aromatic nitrogens is 1. The Bertz CT molecular complexity index is 488. The molecule has 0 unspecified atom stereocenters. The molecule has 0 aliphatic carbocycles. The van der Waals surface area contributed by atoms with Crippen molar-refractivity contribution in [1.29, 1.82) is 0 Å². The second-order valence-electron chi connectivity index (χ2n) is 3.99. The minimum atomic E-state index is 0.770. The van der Waals surface area contributed by atoms with E-state index in [0.717, 1.165) is 34.7 Å². The van der Waals surface area contributed by atoms with Crippen molar-refractivity contribution in [3.63, 3.8) is 0 Å². The number of nitrogens with one attached hydrogen (secondary N) is 1. The van der Waals surface area contributed by atoms with Gasteiger partial charge in [-0.1, -0.05) is 15.9 Å². The molecule has 1 aromatic carbocycles. The van der Waals surface area contributed by atoms with Gasteiger partial charge < -0.3 is 9.73 Å². The molecule has 2 rings (SSSR count). The topological polar surface area (TPSA) is 38.1 Å². The molecule has 0 bridgehead atoms. The van der Waals surface area contributed by atoms with Gasteiger partial charge in [-0.2, -0.15) is 0 Å². The molecule has 0 spiro atoms. The van der Waals surface area contributed by atoms with Crippen LogP contribution >= 0.6 is 15.9 Å². The van der Waals surface area contributed by atoms with Gasteiger partial charge in [-0.3, -0.25) is 0 Å². The fourth-order valence-electron chi connectivity index (χ4n) is 1.67. The number of hydrogen-bond acceptors (Lipinski definition) is 3. The number of rotatable bonds is 4. The van der Waals surface area contributed by atoms with E-state index in [2.05, 4.69) is 45.3 Å². The first-order valence-corrected chi connectivity index (χ1v) is 6.35. The van der Waals surface area contributed by atoms with Crippen molar-refractivity contribution in [1.82, 2.24) is 10.3 Å². The number of aryl methyl sites for hydroxylation is 1. The second kappa shape index (κ2) is 5.47. The zero-order chi connectivity index (χ0) is 12.3. The van der Waals surface area contributed by atoms with Gasteiger partial charge in [0.25, 0.3) is 0 Å². The summed E-state index contributed by atoms with van der Waals surface area (Å²) in [5, 5.41) is 3.08. The summed E-state index contributed by atoms with van der Waals surface area (Å²) in [5.41, 5.74) is 2.25. The zero-order valence-electron chi connectivity index (χ0n) is 9.96. The number of nitrogens with zero attached hydrogens (tertiary/aromatic N) is 1. The first kappa shape index (κ1) is 12.3. The Labute approximate surface area is 109 Å². The van der Waals surface area contributed by atoms with Crippen LogP contribution in [0.2, 0.25) is 0 Å². The van der Waals surface area contributed by atoms with Gasteiger partial charge in [0.1, 0.15) is 0 Å². The summed E-state index contributed by atoms with van der Waals surface area (Å²) < 4.78 is 6.77. The Morgan fingerprint density at radius 2 is 2.18 bits per heavy atom. The maximum Gasteiger partial charge on any atom is 0.196 e. The van der Waals surface area contributed by atoms with E-state index in [9.17, 15) is 0 Å². The Morgan fingerprint density at radius 1 is 1.35 bits per heavy atom. The van der Waals surface area contributed by atoms with Crippen molar-refractivity contribution in [3.05, 3.63) is 40.3 Å². The van der Waals surface area contributed by atoms with Crippen LogP contribution in [0, 0.1) is 6.92 Å². The number of halogens is 1. The molecule has 3 nitrogen and oxygen atoms in total. The molecular weight excluding hydrogens is 280 g/mol. The summed E-state index contributed by atoms with van der Waals surface area (Å²) in [4.78, 5) is 4.27. The first-order valence-electron chi connectivity index (χ1n) is 5.56. The summed E-state index contributed by atoms with van der Waals surface area (Å²) in [6.07, 6.45) is 2.59. The van der Waals surface area contributed by atoms with Crippen LogP contribution in [0.3, 0.4) is 0 Å². The SMILES string of the molecule is CNCCc1ncc(-c2cc(C)cc(Br)c2)o1. The largest absolute Gasteiger partial charge is 0.441 e. The molecule has 1 N–H and O–H groups in total. The maximum absolute atomic E-state index is 5.71. The fourth-order valence-corrected chi connectivity index (χ4v) is 2.28. The molecule has 0 saturated heterocycles. The van der Waals surface area contributed by atoms with Crippen molar-refractivity contribution >= 4 is 15.9 Å². The van der Waals surface area contributed by atoms with Crippen molar-refractivity contribution < 1.29 is 4.42 Å². The molecular formula is C13H15BrN2O. The molecule has 0 fully saturated rings. The molecule has 0 aliphatic rings. The Hall–Kier alpha value is -1.13. The number of oxazole rings is 1. The van der Waals surface area contributed by atoms with E-state index in [1.165, 1.54) is 5.56 Å². The average molecular weight is 295 g/mol. The van der Waals surface area contributed by atoms with Gasteiger partial charge in [0.05, 0.1) is 6.20 Å². The summed E-state index contributed by atoms with van der Waals surface area (Å²) >= 11 is 3.49. The predicted octanol–water partition coefficient (Wildman–Crippen LogP) is 3.17. The Kier molecular flexibility index (Phi) is 3.97. The van der Waals surface area contributed by atoms with Crippen LogP contribution in [0.1, 0.15) is 11.5 Å². The van der Waals surface area contributed by atoms with Gasteiger partial charge in [0.2, 0.25) is 0 Å². The highest BCUT2D eigenvalue weighted by molar-refractivity contribution is 9.10. The number of benzene rings is 1. The summed E-state index contributed by atoms with van der Waals surface area (Å²) in [6.45, 7) is 2.93. The normalized spacial score (nSPS) is 10.8. The summed E-state index contributed by atoms with van der Waals surface area (Å²) in [5.74, 6) is 1.59. The lowest BCUT2D eigenvalue weighted by Gasteiger charge is -2.00. The van der Waals surface area contributed by atoms with Crippen LogP contribution in [0.25, 0.3) is 11.3 Å². The van der Waals surface area contributed by atoms with Crippen molar-refractivity contribution in [3.8, 4) is 11.3 Å². The van der Waals surface area contributed by atoms with Crippen molar-refractivity contribution in [2.24, 2.45) is 0 Å².